The molecule has 0 saturated heterocycles. The van der Waals surface area contributed by atoms with Crippen LogP contribution in [0, 0.1) is 11.3 Å². The number of benzene rings is 1. The molecule has 15 heavy (non-hydrogen) atoms. The monoisotopic (exact) mass is 210 g/mol. The average molecular weight is 210 g/mol. The third-order valence-electron chi connectivity index (χ3n) is 1.74. The van der Waals surface area contributed by atoms with Crippen LogP contribution in [0.3, 0.4) is 0 Å². The quantitative estimate of drug-likeness (QED) is 0.702. The smallest absolute Gasteiger partial charge is 0.445 e. The van der Waals surface area contributed by atoms with Gasteiger partial charge < -0.3 is 12.9 Å². The summed E-state index contributed by atoms with van der Waals surface area (Å²) in [6.07, 6.45) is 1.22. The van der Waals surface area contributed by atoms with E-state index in [-0.39, 0.29) is 12.4 Å². The molecule has 0 aliphatic heterocycles. The van der Waals surface area contributed by atoms with Crippen LogP contribution in [0.2, 0.25) is 0 Å². The Hall–Kier alpha value is -1.70. The molecule has 0 unspecified atom stereocenters. The van der Waals surface area contributed by atoms with E-state index in [0.29, 0.717) is 11.1 Å². The molecular formula is C10H8BF3N-. The van der Waals surface area contributed by atoms with E-state index in [9.17, 15) is 12.9 Å². The van der Waals surface area contributed by atoms with Crippen molar-refractivity contribution in [1.82, 2.24) is 0 Å². The molecule has 1 aromatic rings. The van der Waals surface area contributed by atoms with Crippen molar-refractivity contribution in [1.29, 1.82) is 5.26 Å². The normalized spacial score (nSPS) is 11.6. The molecule has 0 aliphatic rings. The minimum atomic E-state index is -4.89. The van der Waals surface area contributed by atoms with Gasteiger partial charge >= 0.3 is 6.98 Å². The standard InChI is InChI=1S/C10H8BF3N/c12-11(13,14)6-4-9-2-1-3-10(8-9)5-7-15/h1-4,6,8H,5H2/q-1/b6-4+. The van der Waals surface area contributed by atoms with Crippen molar-refractivity contribution in [2.24, 2.45) is 0 Å². The number of hydrogen-bond donors (Lipinski definition) is 0. The molecule has 0 aromatic heterocycles. The highest BCUT2D eigenvalue weighted by Gasteiger charge is 2.16. The Balaban J connectivity index is 2.83. The van der Waals surface area contributed by atoms with Gasteiger partial charge in [0.1, 0.15) is 0 Å². The van der Waals surface area contributed by atoms with Gasteiger partial charge in [0.2, 0.25) is 0 Å². The molecule has 0 radical (unpaired) electrons. The van der Waals surface area contributed by atoms with Crippen LogP contribution in [0.5, 0.6) is 0 Å². The summed E-state index contributed by atoms with van der Waals surface area (Å²) in [5.41, 5.74) is 1.18. The highest BCUT2D eigenvalue weighted by atomic mass is 19.4. The fourth-order valence-electron chi connectivity index (χ4n) is 1.12. The molecule has 0 heterocycles. The van der Waals surface area contributed by atoms with E-state index in [1.807, 2.05) is 6.07 Å². The van der Waals surface area contributed by atoms with E-state index in [1.54, 1.807) is 24.3 Å². The lowest BCUT2D eigenvalue weighted by atomic mass is 9.90. The van der Waals surface area contributed by atoms with Crippen LogP contribution in [0.15, 0.2) is 30.2 Å². The summed E-state index contributed by atoms with van der Waals surface area (Å²) in [6, 6.07) is 8.42. The van der Waals surface area contributed by atoms with Crippen LogP contribution in [0.1, 0.15) is 11.1 Å². The van der Waals surface area contributed by atoms with Crippen molar-refractivity contribution in [2.75, 3.05) is 0 Å². The van der Waals surface area contributed by atoms with Gasteiger partial charge in [0.25, 0.3) is 0 Å². The van der Waals surface area contributed by atoms with Crippen molar-refractivity contribution >= 4 is 13.1 Å². The third-order valence-corrected chi connectivity index (χ3v) is 1.74. The van der Waals surface area contributed by atoms with Gasteiger partial charge in [0.05, 0.1) is 12.5 Å². The minimum absolute atomic E-state index is 0.207. The zero-order chi connectivity index (χ0) is 11.3. The van der Waals surface area contributed by atoms with Crippen molar-refractivity contribution in [2.45, 2.75) is 6.42 Å². The van der Waals surface area contributed by atoms with E-state index in [1.165, 1.54) is 0 Å². The summed E-state index contributed by atoms with van der Waals surface area (Å²) < 4.78 is 35.7. The van der Waals surface area contributed by atoms with Gasteiger partial charge in [-0.05, 0) is 11.1 Å². The van der Waals surface area contributed by atoms with E-state index in [4.69, 9.17) is 5.26 Å². The van der Waals surface area contributed by atoms with Crippen molar-refractivity contribution < 1.29 is 12.9 Å². The fraction of sp³-hybridized carbons (Fsp3) is 0.100. The Labute approximate surface area is 85.9 Å². The second-order valence-corrected chi connectivity index (χ2v) is 3.06. The number of rotatable bonds is 3. The predicted octanol–water partition coefficient (Wildman–Crippen LogP) is 3.15. The van der Waals surface area contributed by atoms with Gasteiger partial charge in [-0.15, -0.1) is 5.98 Å². The molecule has 0 atom stereocenters. The first-order chi connectivity index (χ1) is 7.01. The Kier molecular flexibility index (Phi) is 3.56. The van der Waals surface area contributed by atoms with Crippen molar-refractivity contribution in [3.63, 3.8) is 0 Å². The maximum atomic E-state index is 11.9. The zero-order valence-corrected chi connectivity index (χ0v) is 7.83. The molecule has 0 N–H and O–H groups in total. The largest absolute Gasteiger partial charge is 0.502 e. The zero-order valence-electron chi connectivity index (χ0n) is 7.83. The minimum Gasteiger partial charge on any atom is -0.445 e. The second kappa shape index (κ2) is 4.69. The van der Waals surface area contributed by atoms with E-state index < -0.39 is 6.98 Å². The number of hydrogen-bond acceptors (Lipinski definition) is 1. The molecule has 0 saturated carbocycles. The summed E-state index contributed by atoms with van der Waals surface area (Å²) >= 11 is 0. The van der Waals surface area contributed by atoms with Crippen LogP contribution in [-0.2, 0) is 6.42 Å². The first kappa shape index (κ1) is 11.4. The van der Waals surface area contributed by atoms with Gasteiger partial charge in [-0.1, -0.05) is 30.3 Å². The van der Waals surface area contributed by atoms with E-state index in [0.717, 1.165) is 6.08 Å². The first-order valence-electron chi connectivity index (χ1n) is 4.36. The SMILES string of the molecule is N#CCc1cccc(/C=C/[B-](F)(F)F)c1. The lowest BCUT2D eigenvalue weighted by Crippen LogP contribution is -2.09. The number of halogens is 3. The lowest BCUT2D eigenvalue weighted by Gasteiger charge is -2.06. The van der Waals surface area contributed by atoms with Gasteiger partial charge in [0.15, 0.2) is 0 Å². The van der Waals surface area contributed by atoms with Gasteiger partial charge in [0, 0.05) is 0 Å². The fourth-order valence-corrected chi connectivity index (χ4v) is 1.12. The highest BCUT2D eigenvalue weighted by molar-refractivity contribution is 6.64. The molecule has 78 valence electrons. The summed E-state index contributed by atoms with van der Waals surface area (Å²) in [5, 5.41) is 8.42. The van der Waals surface area contributed by atoms with Crippen LogP contribution in [-0.4, -0.2) is 6.98 Å². The molecule has 0 spiro atoms. The topological polar surface area (TPSA) is 23.8 Å². The van der Waals surface area contributed by atoms with Crippen LogP contribution in [0.4, 0.5) is 12.9 Å². The average Bonchev–Trinajstić information content (AvgIpc) is 2.15. The van der Waals surface area contributed by atoms with E-state index >= 15 is 0 Å². The molecule has 1 aromatic carbocycles. The van der Waals surface area contributed by atoms with Gasteiger partial charge in [-0.25, -0.2) is 0 Å². The van der Waals surface area contributed by atoms with Crippen molar-refractivity contribution in [3.05, 3.63) is 41.4 Å². The number of nitriles is 1. The van der Waals surface area contributed by atoms with Gasteiger partial charge in [-0.3, -0.25) is 0 Å². The van der Waals surface area contributed by atoms with Gasteiger partial charge in [-0.2, -0.15) is 5.26 Å². The summed E-state index contributed by atoms with van der Waals surface area (Å²) in [5.74, 6) is 0.242. The second-order valence-electron chi connectivity index (χ2n) is 3.06. The summed E-state index contributed by atoms with van der Waals surface area (Å²) in [7, 11) is 0. The predicted molar refractivity (Wildman–Crippen MR) is 53.9 cm³/mol. The molecule has 0 amide bonds. The molecular weight excluding hydrogens is 202 g/mol. The number of nitrogens with zero attached hydrogens (tertiary/aromatic N) is 1. The lowest BCUT2D eigenvalue weighted by molar-refractivity contribution is 0.499. The first-order valence-corrected chi connectivity index (χ1v) is 4.36. The third kappa shape index (κ3) is 4.36. The van der Waals surface area contributed by atoms with Crippen LogP contribution < -0.4 is 0 Å². The highest BCUT2D eigenvalue weighted by Crippen LogP contribution is 2.14. The Morgan fingerprint density at radius 2 is 2.07 bits per heavy atom. The molecule has 5 heteroatoms. The Morgan fingerprint density at radius 3 is 2.67 bits per heavy atom. The molecule has 1 rings (SSSR count). The summed E-state index contributed by atoms with van der Waals surface area (Å²) in [6.45, 7) is -4.89. The maximum absolute atomic E-state index is 11.9. The Bertz CT molecular complexity index is 404. The summed E-state index contributed by atoms with van der Waals surface area (Å²) in [4.78, 5) is 0. The maximum Gasteiger partial charge on any atom is 0.502 e. The van der Waals surface area contributed by atoms with Crippen LogP contribution in [0.25, 0.3) is 6.08 Å². The van der Waals surface area contributed by atoms with Crippen molar-refractivity contribution in [3.8, 4) is 6.07 Å². The molecule has 0 aliphatic carbocycles. The van der Waals surface area contributed by atoms with Crippen LogP contribution >= 0.6 is 0 Å². The molecule has 0 bridgehead atoms. The molecule has 1 nitrogen and oxygen atoms in total. The Morgan fingerprint density at radius 1 is 1.33 bits per heavy atom. The molecule has 0 fully saturated rings. The van der Waals surface area contributed by atoms with E-state index in [2.05, 4.69) is 0 Å².